The first-order chi connectivity index (χ1) is 9.40. The maximum Gasteiger partial charge on any atom is 0.407 e. The fourth-order valence-electron chi connectivity index (χ4n) is 1.57. The molecule has 1 aromatic rings. The number of benzene rings is 1. The molecule has 0 atom stereocenters. The zero-order chi connectivity index (χ0) is 15.0. The number of carbonyl (C=O) groups is 1. The highest BCUT2D eigenvalue weighted by Crippen LogP contribution is 2.08. The lowest BCUT2D eigenvalue weighted by Gasteiger charge is -2.19. The molecule has 0 saturated carbocycles. The lowest BCUT2D eigenvalue weighted by atomic mass is 10.1. The van der Waals surface area contributed by atoms with Gasteiger partial charge >= 0.3 is 6.09 Å². The second-order valence-corrected chi connectivity index (χ2v) is 5.40. The molecule has 0 spiro atoms. The van der Waals surface area contributed by atoms with E-state index in [1.807, 2.05) is 52.0 Å². The third-order valence-corrected chi connectivity index (χ3v) is 2.33. The monoisotopic (exact) mass is 277 g/mol. The van der Waals surface area contributed by atoms with Gasteiger partial charge in [-0.2, -0.15) is 5.10 Å². The Kier molecular flexibility index (Phi) is 6.03. The van der Waals surface area contributed by atoms with E-state index in [4.69, 9.17) is 4.74 Å². The number of carbonyl (C=O) groups excluding carboxylic acids is 1. The maximum absolute atomic E-state index is 11.6. The van der Waals surface area contributed by atoms with Crippen LogP contribution in [0.4, 0.5) is 4.79 Å². The van der Waals surface area contributed by atoms with Crippen molar-refractivity contribution in [3.05, 3.63) is 35.4 Å². The molecule has 0 aliphatic rings. The van der Waals surface area contributed by atoms with Crippen LogP contribution in [0.2, 0.25) is 0 Å². The zero-order valence-electron chi connectivity index (χ0n) is 12.6. The Hall–Kier alpha value is -2.04. The fourth-order valence-corrected chi connectivity index (χ4v) is 1.57. The van der Waals surface area contributed by atoms with Gasteiger partial charge in [0.1, 0.15) is 5.60 Å². The molecule has 0 fully saturated rings. The van der Waals surface area contributed by atoms with Crippen molar-refractivity contribution >= 4 is 12.3 Å². The normalized spacial score (nSPS) is 11.4. The van der Waals surface area contributed by atoms with Gasteiger partial charge in [-0.1, -0.05) is 24.3 Å². The van der Waals surface area contributed by atoms with Gasteiger partial charge < -0.3 is 15.5 Å². The summed E-state index contributed by atoms with van der Waals surface area (Å²) in [5.74, 6) is 0. The summed E-state index contributed by atoms with van der Waals surface area (Å²) in [6.45, 7) is 8.48. The van der Waals surface area contributed by atoms with Gasteiger partial charge in [0, 0.05) is 12.8 Å². The summed E-state index contributed by atoms with van der Waals surface area (Å²) in [7, 11) is 0. The Morgan fingerprint density at radius 1 is 1.30 bits per heavy atom. The Bertz CT molecular complexity index is 464. The SMILES string of the molecule is C/C=N/NCc1cccc(CNC(=O)OC(C)(C)C)c1. The van der Waals surface area contributed by atoms with Crippen LogP contribution in [0, 0.1) is 0 Å². The van der Waals surface area contributed by atoms with Crippen molar-refractivity contribution in [3.63, 3.8) is 0 Å². The second-order valence-electron chi connectivity index (χ2n) is 5.40. The van der Waals surface area contributed by atoms with E-state index in [-0.39, 0.29) is 0 Å². The maximum atomic E-state index is 11.6. The highest BCUT2D eigenvalue weighted by molar-refractivity contribution is 5.67. The number of hydrazone groups is 1. The largest absolute Gasteiger partial charge is 0.444 e. The number of hydrogen-bond acceptors (Lipinski definition) is 4. The van der Waals surface area contributed by atoms with Crippen LogP contribution in [0.1, 0.15) is 38.8 Å². The minimum atomic E-state index is -0.478. The van der Waals surface area contributed by atoms with Gasteiger partial charge in [0.15, 0.2) is 0 Å². The van der Waals surface area contributed by atoms with Gasteiger partial charge in [-0.05, 0) is 38.8 Å². The van der Waals surface area contributed by atoms with Crippen LogP contribution in [0.5, 0.6) is 0 Å². The number of nitrogens with one attached hydrogen (secondary N) is 2. The molecule has 0 aliphatic carbocycles. The van der Waals surface area contributed by atoms with Crippen molar-refractivity contribution in [3.8, 4) is 0 Å². The predicted octanol–water partition coefficient (Wildman–Crippen LogP) is 2.81. The van der Waals surface area contributed by atoms with Crippen LogP contribution in [0.15, 0.2) is 29.4 Å². The number of nitrogens with zero attached hydrogens (tertiary/aromatic N) is 1. The minimum Gasteiger partial charge on any atom is -0.444 e. The molecule has 0 radical (unpaired) electrons. The van der Waals surface area contributed by atoms with E-state index >= 15 is 0 Å². The smallest absolute Gasteiger partial charge is 0.407 e. The predicted molar refractivity (Wildman–Crippen MR) is 80.5 cm³/mol. The molecule has 1 amide bonds. The van der Waals surface area contributed by atoms with E-state index in [1.54, 1.807) is 6.21 Å². The summed E-state index contributed by atoms with van der Waals surface area (Å²) in [5.41, 5.74) is 4.59. The molecule has 5 nitrogen and oxygen atoms in total. The molecule has 1 rings (SSSR count). The third-order valence-electron chi connectivity index (χ3n) is 2.33. The average molecular weight is 277 g/mol. The zero-order valence-corrected chi connectivity index (χ0v) is 12.6. The van der Waals surface area contributed by atoms with Crippen molar-refractivity contribution in [1.82, 2.24) is 10.7 Å². The quantitative estimate of drug-likeness (QED) is 0.642. The van der Waals surface area contributed by atoms with Crippen LogP contribution in [0.3, 0.4) is 0 Å². The summed E-state index contributed by atoms with van der Waals surface area (Å²) in [6, 6.07) is 7.95. The van der Waals surface area contributed by atoms with Crippen molar-refractivity contribution in [2.75, 3.05) is 0 Å². The summed E-state index contributed by atoms with van der Waals surface area (Å²) >= 11 is 0. The molecule has 0 heterocycles. The molecule has 20 heavy (non-hydrogen) atoms. The Morgan fingerprint density at radius 3 is 2.55 bits per heavy atom. The fraction of sp³-hybridized carbons (Fsp3) is 0.467. The minimum absolute atomic E-state index is 0.406. The Balaban J connectivity index is 2.48. The van der Waals surface area contributed by atoms with Crippen molar-refractivity contribution in [2.24, 2.45) is 5.10 Å². The van der Waals surface area contributed by atoms with E-state index in [9.17, 15) is 4.79 Å². The molecule has 0 bridgehead atoms. The van der Waals surface area contributed by atoms with Gasteiger partial charge in [0.25, 0.3) is 0 Å². The van der Waals surface area contributed by atoms with Gasteiger partial charge in [-0.25, -0.2) is 4.79 Å². The third kappa shape index (κ3) is 6.78. The Morgan fingerprint density at radius 2 is 1.95 bits per heavy atom. The van der Waals surface area contributed by atoms with E-state index < -0.39 is 11.7 Å². The topological polar surface area (TPSA) is 62.7 Å². The Labute approximate surface area is 120 Å². The first-order valence-electron chi connectivity index (χ1n) is 6.66. The van der Waals surface area contributed by atoms with E-state index in [1.165, 1.54) is 0 Å². The average Bonchev–Trinajstić information content (AvgIpc) is 2.35. The first kappa shape index (κ1) is 16.0. The number of ether oxygens (including phenoxy) is 1. The van der Waals surface area contributed by atoms with Crippen LogP contribution >= 0.6 is 0 Å². The van der Waals surface area contributed by atoms with E-state index in [0.717, 1.165) is 11.1 Å². The van der Waals surface area contributed by atoms with E-state index in [2.05, 4.69) is 15.8 Å². The lowest BCUT2D eigenvalue weighted by Crippen LogP contribution is -2.32. The van der Waals surface area contributed by atoms with Gasteiger partial charge in [0.2, 0.25) is 0 Å². The lowest BCUT2D eigenvalue weighted by molar-refractivity contribution is 0.0523. The van der Waals surface area contributed by atoms with E-state index in [0.29, 0.717) is 13.1 Å². The number of hydrogen-bond donors (Lipinski definition) is 2. The van der Waals surface area contributed by atoms with Crippen LogP contribution < -0.4 is 10.7 Å². The summed E-state index contributed by atoms with van der Waals surface area (Å²) in [6.07, 6.45) is 1.30. The molecule has 5 heteroatoms. The standard InChI is InChI=1S/C15H23N3O2/c1-5-17-18-11-13-8-6-7-12(9-13)10-16-14(19)20-15(2,3)4/h5-9,18H,10-11H2,1-4H3,(H,16,19)/b17-5+. The van der Waals surface area contributed by atoms with Crippen LogP contribution in [-0.2, 0) is 17.8 Å². The molecule has 0 aliphatic heterocycles. The van der Waals surface area contributed by atoms with Gasteiger partial charge in [-0.3, -0.25) is 0 Å². The molecular formula is C15H23N3O2. The molecule has 0 aromatic heterocycles. The van der Waals surface area contributed by atoms with Gasteiger partial charge in [-0.15, -0.1) is 0 Å². The summed E-state index contributed by atoms with van der Waals surface area (Å²) in [4.78, 5) is 11.6. The molecule has 1 aromatic carbocycles. The molecule has 110 valence electrons. The second kappa shape index (κ2) is 7.53. The molecule has 0 saturated heterocycles. The van der Waals surface area contributed by atoms with Crippen molar-refractivity contribution < 1.29 is 9.53 Å². The molecular weight excluding hydrogens is 254 g/mol. The summed E-state index contributed by atoms with van der Waals surface area (Å²) < 4.78 is 5.19. The van der Waals surface area contributed by atoms with Crippen LogP contribution in [0.25, 0.3) is 0 Å². The highest BCUT2D eigenvalue weighted by atomic mass is 16.6. The number of rotatable bonds is 5. The van der Waals surface area contributed by atoms with Crippen LogP contribution in [-0.4, -0.2) is 17.9 Å². The number of alkyl carbamates (subject to hydrolysis) is 1. The number of amides is 1. The van der Waals surface area contributed by atoms with Crippen molar-refractivity contribution in [1.29, 1.82) is 0 Å². The van der Waals surface area contributed by atoms with Crippen molar-refractivity contribution in [2.45, 2.75) is 46.4 Å². The molecule has 2 N–H and O–H groups in total. The first-order valence-corrected chi connectivity index (χ1v) is 6.66. The molecule has 0 unspecified atom stereocenters. The summed E-state index contributed by atoms with van der Waals surface area (Å²) in [5, 5.41) is 6.69. The van der Waals surface area contributed by atoms with Gasteiger partial charge in [0.05, 0.1) is 6.54 Å². The highest BCUT2D eigenvalue weighted by Gasteiger charge is 2.15.